The van der Waals surface area contributed by atoms with E-state index in [1.807, 2.05) is 12.1 Å². The van der Waals surface area contributed by atoms with E-state index in [4.69, 9.17) is 13.9 Å². The number of ether oxygens (including phenoxy) is 2. The topological polar surface area (TPSA) is 77.9 Å². The summed E-state index contributed by atoms with van der Waals surface area (Å²) in [6, 6.07) is 22.7. The SMILES string of the molecule is COc1cnc(C(=O)O)cc1OC1CCC(O[Si](c2ccccc2)(c2ccccc2)C(C)(C)C)C1. The summed E-state index contributed by atoms with van der Waals surface area (Å²) >= 11 is 0. The molecule has 3 aromatic rings. The van der Waals surface area contributed by atoms with Gasteiger partial charge >= 0.3 is 5.97 Å². The van der Waals surface area contributed by atoms with Crippen LogP contribution in [0.4, 0.5) is 0 Å². The minimum atomic E-state index is -2.65. The Labute approximate surface area is 208 Å². The van der Waals surface area contributed by atoms with Crippen LogP contribution < -0.4 is 19.8 Å². The molecule has 0 aliphatic heterocycles. The Morgan fingerprint density at radius 3 is 2.03 bits per heavy atom. The van der Waals surface area contributed by atoms with Crippen molar-refractivity contribution < 1.29 is 23.8 Å². The quantitative estimate of drug-likeness (QED) is 0.462. The molecule has 6 nitrogen and oxygen atoms in total. The highest BCUT2D eigenvalue weighted by molar-refractivity contribution is 6.99. The zero-order valence-electron chi connectivity index (χ0n) is 20.7. The lowest BCUT2D eigenvalue weighted by Gasteiger charge is -2.44. The van der Waals surface area contributed by atoms with Crippen LogP contribution in [0, 0.1) is 0 Å². The number of hydrogen-bond acceptors (Lipinski definition) is 5. The maximum Gasteiger partial charge on any atom is 0.354 e. The van der Waals surface area contributed by atoms with E-state index in [1.165, 1.54) is 29.7 Å². The van der Waals surface area contributed by atoms with Gasteiger partial charge in [-0.25, -0.2) is 9.78 Å². The van der Waals surface area contributed by atoms with Crippen molar-refractivity contribution in [3.8, 4) is 11.5 Å². The van der Waals surface area contributed by atoms with E-state index < -0.39 is 14.3 Å². The summed E-state index contributed by atoms with van der Waals surface area (Å²) < 4.78 is 18.8. The number of aromatic carboxylic acids is 1. The molecule has 0 saturated heterocycles. The standard InChI is InChI=1S/C28H33NO5Si/c1-28(2,3)35(22-11-7-5-8-12-22,23-13-9-6-10-14-23)34-21-16-15-20(17-21)33-25-18-24(27(30)31)29-19-26(25)32-4/h5-14,18-21H,15-17H2,1-4H3,(H,30,31). The normalized spacial score (nSPS) is 18.3. The summed E-state index contributed by atoms with van der Waals surface area (Å²) in [5, 5.41) is 11.7. The fraction of sp³-hybridized carbons (Fsp3) is 0.357. The van der Waals surface area contributed by atoms with Gasteiger partial charge in [0.05, 0.1) is 13.3 Å². The molecule has 0 amide bonds. The van der Waals surface area contributed by atoms with Crippen LogP contribution in [-0.2, 0) is 4.43 Å². The van der Waals surface area contributed by atoms with Crippen LogP contribution in [0.2, 0.25) is 5.04 Å². The lowest BCUT2D eigenvalue weighted by atomic mass is 10.2. The molecule has 1 aromatic heterocycles. The maximum absolute atomic E-state index is 11.4. The van der Waals surface area contributed by atoms with Crippen LogP contribution in [0.3, 0.4) is 0 Å². The second-order valence-electron chi connectivity index (χ2n) is 9.98. The number of pyridine rings is 1. The number of rotatable bonds is 8. The molecule has 184 valence electrons. The average molecular weight is 492 g/mol. The van der Waals surface area contributed by atoms with Gasteiger partial charge in [0.2, 0.25) is 0 Å². The van der Waals surface area contributed by atoms with E-state index in [0.717, 1.165) is 19.3 Å². The van der Waals surface area contributed by atoms with Gasteiger partial charge in [0.15, 0.2) is 17.2 Å². The van der Waals surface area contributed by atoms with Crippen molar-refractivity contribution >= 4 is 24.7 Å². The number of carboxylic acids is 1. The third kappa shape index (κ3) is 5.11. The number of aromatic nitrogens is 1. The van der Waals surface area contributed by atoms with Crippen LogP contribution in [0.5, 0.6) is 11.5 Å². The van der Waals surface area contributed by atoms with E-state index in [0.29, 0.717) is 11.5 Å². The highest BCUT2D eigenvalue weighted by atomic mass is 28.4. The molecule has 1 heterocycles. The molecule has 4 rings (SSSR count). The number of nitrogens with zero attached hydrogens (tertiary/aromatic N) is 1. The fourth-order valence-electron chi connectivity index (χ4n) is 5.02. The Hall–Kier alpha value is -3.16. The number of hydrogen-bond donors (Lipinski definition) is 1. The smallest absolute Gasteiger partial charge is 0.354 e. The molecule has 0 radical (unpaired) electrons. The van der Waals surface area contributed by atoms with Gasteiger partial charge in [0, 0.05) is 18.6 Å². The van der Waals surface area contributed by atoms with Crippen molar-refractivity contribution in [1.82, 2.24) is 4.98 Å². The summed E-state index contributed by atoms with van der Waals surface area (Å²) in [5.74, 6) is -0.279. The second-order valence-corrected chi connectivity index (χ2v) is 14.2. The largest absolute Gasteiger partial charge is 0.491 e. The first kappa shape index (κ1) is 24.9. The predicted octanol–water partition coefficient (Wildman–Crippen LogP) is 4.66. The van der Waals surface area contributed by atoms with Gasteiger partial charge in [-0.2, -0.15) is 0 Å². The molecule has 1 fully saturated rings. The van der Waals surface area contributed by atoms with Gasteiger partial charge in [-0.3, -0.25) is 0 Å². The molecule has 0 spiro atoms. The van der Waals surface area contributed by atoms with Crippen molar-refractivity contribution in [3.63, 3.8) is 0 Å². The van der Waals surface area contributed by atoms with Crippen LogP contribution >= 0.6 is 0 Å². The lowest BCUT2D eigenvalue weighted by molar-refractivity contribution is 0.0689. The van der Waals surface area contributed by atoms with Crippen LogP contribution in [-0.4, -0.2) is 43.7 Å². The Morgan fingerprint density at radius 2 is 1.51 bits per heavy atom. The van der Waals surface area contributed by atoms with Crippen LogP contribution in [0.25, 0.3) is 0 Å². The Kier molecular flexibility index (Phi) is 7.28. The van der Waals surface area contributed by atoms with Crippen LogP contribution in [0.15, 0.2) is 72.9 Å². The van der Waals surface area contributed by atoms with Crippen LogP contribution in [0.1, 0.15) is 50.5 Å². The Bertz CT molecular complexity index is 1110. The molecule has 2 unspecified atom stereocenters. The molecule has 0 bridgehead atoms. The van der Waals surface area contributed by atoms with E-state index in [9.17, 15) is 9.90 Å². The molecule has 1 saturated carbocycles. The molecular formula is C28H33NO5Si. The molecule has 2 atom stereocenters. The van der Waals surface area contributed by atoms with Gasteiger partial charge in [0.25, 0.3) is 8.32 Å². The molecular weight excluding hydrogens is 458 g/mol. The molecule has 2 aromatic carbocycles. The van der Waals surface area contributed by atoms with Gasteiger partial charge in [-0.1, -0.05) is 81.4 Å². The number of carbonyl (C=O) groups is 1. The average Bonchev–Trinajstić information content (AvgIpc) is 3.29. The minimum absolute atomic E-state index is 0.0260. The highest BCUT2D eigenvalue weighted by Crippen LogP contribution is 2.40. The lowest BCUT2D eigenvalue weighted by Crippen LogP contribution is -2.67. The monoisotopic (exact) mass is 491 g/mol. The molecule has 7 heteroatoms. The first-order valence-corrected chi connectivity index (χ1v) is 13.9. The fourth-order valence-corrected chi connectivity index (χ4v) is 9.75. The summed E-state index contributed by atoms with van der Waals surface area (Å²) in [6.07, 6.45) is 3.72. The Balaban J connectivity index is 1.62. The molecule has 1 aliphatic carbocycles. The summed E-state index contributed by atoms with van der Waals surface area (Å²) in [4.78, 5) is 15.3. The minimum Gasteiger partial charge on any atom is -0.491 e. The van der Waals surface area contributed by atoms with Crippen molar-refractivity contribution in [2.75, 3.05) is 7.11 Å². The van der Waals surface area contributed by atoms with Crippen molar-refractivity contribution in [2.45, 2.75) is 57.3 Å². The van der Waals surface area contributed by atoms with Gasteiger partial charge < -0.3 is 19.0 Å². The molecule has 1 N–H and O–H groups in total. The van der Waals surface area contributed by atoms with E-state index in [1.54, 1.807) is 0 Å². The first-order valence-electron chi connectivity index (χ1n) is 12.0. The number of methoxy groups -OCH3 is 1. The summed E-state index contributed by atoms with van der Waals surface area (Å²) in [5.41, 5.74) is -0.0705. The van der Waals surface area contributed by atoms with E-state index >= 15 is 0 Å². The van der Waals surface area contributed by atoms with Crippen molar-refractivity contribution in [2.24, 2.45) is 0 Å². The van der Waals surface area contributed by atoms with Crippen molar-refractivity contribution in [1.29, 1.82) is 0 Å². The number of carboxylic acid groups (broad SMARTS) is 1. The summed E-state index contributed by atoms with van der Waals surface area (Å²) in [7, 11) is -1.12. The Morgan fingerprint density at radius 1 is 0.943 bits per heavy atom. The predicted molar refractivity (Wildman–Crippen MR) is 139 cm³/mol. The van der Waals surface area contributed by atoms with Crippen molar-refractivity contribution in [3.05, 3.63) is 78.6 Å². The number of benzene rings is 2. The zero-order valence-corrected chi connectivity index (χ0v) is 21.7. The van der Waals surface area contributed by atoms with E-state index in [2.05, 4.69) is 74.3 Å². The first-order chi connectivity index (χ1) is 16.7. The third-order valence-corrected chi connectivity index (χ3v) is 11.8. The van der Waals surface area contributed by atoms with E-state index in [-0.39, 0.29) is 22.9 Å². The second kappa shape index (κ2) is 10.2. The maximum atomic E-state index is 11.4. The van der Waals surface area contributed by atoms with Gasteiger partial charge in [0.1, 0.15) is 6.10 Å². The highest BCUT2D eigenvalue weighted by Gasteiger charge is 2.52. The zero-order chi connectivity index (χ0) is 25.1. The molecule has 35 heavy (non-hydrogen) atoms. The summed E-state index contributed by atoms with van der Waals surface area (Å²) in [6.45, 7) is 6.83. The van der Waals surface area contributed by atoms with Gasteiger partial charge in [-0.15, -0.1) is 0 Å². The molecule has 1 aliphatic rings. The van der Waals surface area contributed by atoms with Gasteiger partial charge in [-0.05, 0) is 28.3 Å². The third-order valence-electron chi connectivity index (χ3n) is 6.66.